The quantitative estimate of drug-likeness (QED) is 0.505. The summed E-state index contributed by atoms with van der Waals surface area (Å²) in [4.78, 5) is 14.9. The van der Waals surface area contributed by atoms with Crippen molar-refractivity contribution in [3.63, 3.8) is 0 Å². The van der Waals surface area contributed by atoms with E-state index in [2.05, 4.69) is 33.1 Å². The lowest BCUT2D eigenvalue weighted by Gasteiger charge is -2.37. The van der Waals surface area contributed by atoms with Gasteiger partial charge in [-0.15, -0.1) is 0 Å². The molecule has 2 aromatic rings. The van der Waals surface area contributed by atoms with Crippen molar-refractivity contribution in [3.8, 4) is 0 Å². The SMILES string of the molecule is C=[S-](=O)c1c(CC)nc(N2CCN(c3ccc(Cl)cc3)CC2)nc1NC1CCCCC1. The summed E-state index contributed by atoms with van der Waals surface area (Å²) in [6.45, 7) is 5.50. The van der Waals surface area contributed by atoms with Gasteiger partial charge in [-0.1, -0.05) is 42.7 Å². The van der Waals surface area contributed by atoms with Crippen molar-refractivity contribution in [1.29, 1.82) is 0 Å². The minimum absolute atomic E-state index is 0.380. The summed E-state index contributed by atoms with van der Waals surface area (Å²) in [6, 6.07) is 8.37. The zero-order chi connectivity index (χ0) is 21.8. The van der Waals surface area contributed by atoms with Crippen molar-refractivity contribution in [2.75, 3.05) is 41.3 Å². The average molecular weight is 461 g/mol. The maximum atomic E-state index is 12.4. The van der Waals surface area contributed by atoms with Gasteiger partial charge in [0.1, 0.15) is 5.82 Å². The van der Waals surface area contributed by atoms with Gasteiger partial charge in [0.25, 0.3) is 0 Å². The molecule has 0 radical (unpaired) electrons. The molecule has 1 aliphatic carbocycles. The first kappa shape index (κ1) is 22.2. The molecular formula is C23H31ClN5OS-. The smallest absolute Gasteiger partial charge is 0.227 e. The van der Waals surface area contributed by atoms with Gasteiger partial charge in [-0.2, -0.15) is 10.9 Å². The van der Waals surface area contributed by atoms with E-state index in [1.165, 1.54) is 24.9 Å². The van der Waals surface area contributed by atoms with Crippen LogP contribution in [0.5, 0.6) is 0 Å². The molecule has 0 amide bonds. The minimum Gasteiger partial charge on any atom is -0.457 e. The van der Waals surface area contributed by atoms with Crippen LogP contribution in [-0.4, -0.2) is 48.1 Å². The number of hydrogen-bond donors (Lipinski definition) is 1. The molecule has 1 N–H and O–H groups in total. The van der Waals surface area contributed by atoms with Crippen molar-refractivity contribution >= 4 is 45.3 Å². The first-order valence-electron chi connectivity index (χ1n) is 11.2. The van der Waals surface area contributed by atoms with Gasteiger partial charge in [-0.05, 0) is 43.5 Å². The topological polar surface area (TPSA) is 61.4 Å². The van der Waals surface area contributed by atoms with Crippen LogP contribution >= 0.6 is 11.6 Å². The molecule has 2 aliphatic rings. The Morgan fingerprint density at radius 2 is 1.71 bits per heavy atom. The molecule has 2 heterocycles. The molecule has 4 rings (SSSR count). The lowest BCUT2D eigenvalue weighted by molar-refractivity contribution is 0.461. The van der Waals surface area contributed by atoms with Crippen LogP contribution in [0.3, 0.4) is 0 Å². The zero-order valence-corrected chi connectivity index (χ0v) is 19.7. The number of aryl methyl sites for hydroxylation is 1. The number of hydrogen-bond acceptors (Lipinski definition) is 7. The van der Waals surface area contributed by atoms with Crippen molar-refractivity contribution in [3.05, 3.63) is 35.0 Å². The molecule has 1 aromatic carbocycles. The van der Waals surface area contributed by atoms with Crippen LogP contribution in [0, 0.1) is 0 Å². The normalized spacial score (nSPS) is 17.9. The van der Waals surface area contributed by atoms with Crippen LogP contribution < -0.4 is 15.1 Å². The first-order chi connectivity index (χ1) is 15.0. The maximum Gasteiger partial charge on any atom is 0.227 e. The number of benzene rings is 1. The van der Waals surface area contributed by atoms with Crippen LogP contribution in [0.25, 0.3) is 0 Å². The third kappa shape index (κ3) is 5.26. The lowest BCUT2D eigenvalue weighted by Crippen LogP contribution is -2.47. The van der Waals surface area contributed by atoms with Crippen LogP contribution in [0.15, 0.2) is 29.2 Å². The molecule has 2 fully saturated rings. The highest BCUT2D eigenvalue weighted by atomic mass is 35.5. The van der Waals surface area contributed by atoms with E-state index in [9.17, 15) is 4.21 Å². The predicted octanol–water partition coefficient (Wildman–Crippen LogP) is 4.52. The van der Waals surface area contributed by atoms with Gasteiger partial charge in [0.15, 0.2) is 0 Å². The number of anilines is 3. The third-order valence-electron chi connectivity index (χ3n) is 6.19. The maximum absolute atomic E-state index is 12.4. The van der Waals surface area contributed by atoms with E-state index in [0.717, 1.165) is 55.7 Å². The highest BCUT2D eigenvalue weighted by molar-refractivity contribution is 7.82. The van der Waals surface area contributed by atoms with Gasteiger partial charge in [0.05, 0.1) is 0 Å². The Morgan fingerprint density at radius 1 is 1.06 bits per heavy atom. The minimum atomic E-state index is -1.38. The molecule has 31 heavy (non-hydrogen) atoms. The third-order valence-corrected chi connectivity index (χ3v) is 7.32. The van der Waals surface area contributed by atoms with Gasteiger partial charge in [-0.3, -0.25) is 0 Å². The number of piperazine rings is 1. The monoisotopic (exact) mass is 460 g/mol. The zero-order valence-electron chi connectivity index (χ0n) is 18.1. The van der Waals surface area contributed by atoms with E-state index < -0.39 is 10.4 Å². The largest absolute Gasteiger partial charge is 0.457 e. The number of halogens is 1. The summed E-state index contributed by atoms with van der Waals surface area (Å²) in [6.07, 6.45) is 6.71. The average Bonchev–Trinajstić information content (AvgIpc) is 2.79. The Kier molecular flexibility index (Phi) is 7.23. The molecule has 1 aromatic heterocycles. The summed E-state index contributed by atoms with van der Waals surface area (Å²) < 4.78 is 12.4. The molecule has 0 atom stereocenters. The molecule has 0 bridgehead atoms. The predicted molar refractivity (Wildman–Crippen MR) is 131 cm³/mol. The van der Waals surface area contributed by atoms with E-state index >= 15 is 0 Å². The van der Waals surface area contributed by atoms with Crippen molar-refractivity contribution in [2.45, 2.75) is 56.4 Å². The highest BCUT2D eigenvalue weighted by Crippen LogP contribution is 2.28. The second-order valence-corrected chi connectivity index (χ2v) is 9.81. The van der Waals surface area contributed by atoms with Crippen LogP contribution in [0.1, 0.15) is 44.7 Å². The summed E-state index contributed by atoms with van der Waals surface area (Å²) in [7, 11) is -1.38. The molecule has 6 nitrogen and oxygen atoms in total. The lowest BCUT2D eigenvalue weighted by atomic mass is 9.95. The van der Waals surface area contributed by atoms with Crippen LogP contribution in [0.2, 0.25) is 5.02 Å². The fourth-order valence-corrected chi connectivity index (χ4v) is 5.36. The van der Waals surface area contributed by atoms with E-state index in [1.807, 2.05) is 19.1 Å². The van der Waals surface area contributed by atoms with Crippen molar-refractivity contribution < 1.29 is 4.21 Å². The number of aromatic nitrogens is 2. The van der Waals surface area contributed by atoms with E-state index in [0.29, 0.717) is 23.2 Å². The van der Waals surface area contributed by atoms with Gasteiger partial charge < -0.3 is 19.3 Å². The second-order valence-electron chi connectivity index (χ2n) is 8.28. The molecule has 168 valence electrons. The van der Waals surface area contributed by atoms with Gasteiger partial charge in [0.2, 0.25) is 5.95 Å². The number of rotatable bonds is 6. The standard InChI is InChI=1S/C23H31ClN5OS/c1-3-20-21(31(2)30)22(25-18-7-5-4-6-8-18)27-23(26-20)29-15-13-28(14-16-29)19-11-9-17(24)10-12-19/h9-12,18H,2-8,13-16H2,1H3,(H,25,26,27)/q-1. The van der Waals surface area contributed by atoms with E-state index in [4.69, 9.17) is 21.6 Å². The summed E-state index contributed by atoms with van der Waals surface area (Å²) in [5, 5.41) is 4.34. The van der Waals surface area contributed by atoms with Crippen LogP contribution in [0.4, 0.5) is 17.5 Å². The highest BCUT2D eigenvalue weighted by Gasteiger charge is 2.22. The van der Waals surface area contributed by atoms with Gasteiger partial charge >= 0.3 is 0 Å². The summed E-state index contributed by atoms with van der Waals surface area (Å²) >= 11 is 6.03. The Morgan fingerprint density at radius 3 is 2.32 bits per heavy atom. The molecule has 1 saturated heterocycles. The van der Waals surface area contributed by atoms with E-state index in [1.54, 1.807) is 0 Å². The molecule has 1 saturated carbocycles. The van der Waals surface area contributed by atoms with Gasteiger partial charge in [0, 0.05) is 48.6 Å². The second kappa shape index (κ2) is 10.1. The molecular weight excluding hydrogens is 430 g/mol. The molecule has 8 heteroatoms. The number of nitrogens with zero attached hydrogens (tertiary/aromatic N) is 4. The Labute approximate surface area is 192 Å². The molecule has 1 aliphatic heterocycles. The summed E-state index contributed by atoms with van der Waals surface area (Å²) in [5.74, 6) is 5.22. The number of nitrogens with one attached hydrogen (secondary N) is 1. The van der Waals surface area contributed by atoms with E-state index in [-0.39, 0.29) is 0 Å². The Balaban J connectivity index is 1.55. The Hall–Kier alpha value is -1.99. The fraction of sp³-hybridized carbons (Fsp3) is 0.522. The fourth-order valence-electron chi connectivity index (χ4n) is 4.46. The first-order valence-corrected chi connectivity index (χ1v) is 12.9. The molecule has 0 spiro atoms. The Bertz CT molecular complexity index is 957. The van der Waals surface area contributed by atoms with Gasteiger partial charge in [-0.25, -0.2) is 15.4 Å². The van der Waals surface area contributed by atoms with Crippen LogP contribution in [-0.2, 0) is 21.0 Å². The van der Waals surface area contributed by atoms with Crippen molar-refractivity contribution in [1.82, 2.24) is 9.97 Å². The molecule has 0 unspecified atom stereocenters. The summed E-state index contributed by atoms with van der Waals surface area (Å²) in [5.41, 5.74) is 2.01. The van der Waals surface area contributed by atoms with Crippen molar-refractivity contribution in [2.24, 2.45) is 0 Å².